The Bertz CT molecular complexity index is 398. The first-order valence-electron chi connectivity index (χ1n) is 5.84. The standard InChI is InChI=1S/C13H18N2/c1-15-7-10-4-2-3-9-5-12(14)6-11(8-15)13(9)10/h5-6,10H,2-4,7-8,14H2,1H3/t10-/m0/s1. The van der Waals surface area contributed by atoms with Gasteiger partial charge in [0.05, 0.1) is 0 Å². The van der Waals surface area contributed by atoms with E-state index in [1.165, 1.54) is 36.9 Å². The summed E-state index contributed by atoms with van der Waals surface area (Å²) in [5.41, 5.74) is 11.5. The minimum absolute atomic E-state index is 0.767. The smallest absolute Gasteiger partial charge is 0.0320 e. The Morgan fingerprint density at radius 2 is 2.13 bits per heavy atom. The minimum Gasteiger partial charge on any atom is -0.399 e. The van der Waals surface area contributed by atoms with Crippen molar-refractivity contribution in [2.75, 3.05) is 19.3 Å². The largest absolute Gasteiger partial charge is 0.399 e. The Morgan fingerprint density at radius 3 is 3.00 bits per heavy atom. The van der Waals surface area contributed by atoms with Gasteiger partial charge in [-0.3, -0.25) is 0 Å². The molecular formula is C13H18N2. The summed E-state index contributed by atoms with van der Waals surface area (Å²) in [7, 11) is 2.21. The molecule has 2 heteroatoms. The molecule has 1 aliphatic carbocycles. The third kappa shape index (κ3) is 1.44. The van der Waals surface area contributed by atoms with Crippen molar-refractivity contribution in [3.05, 3.63) is 28.8 Å². The molecule has 0 radical (unpaired) electrons. The van der Waals surface area contributed by atoms with Gasteiger partial charge in [-0.25, -0.2) is 0 Å². The predicted octanol–water partition coefficient (Wildman–Crippen LogP) is 2.13. The first-order valence-corrected chi connectivity index (χ1v) is 5.84. The molecule has 1 aromatic rings. The monoisotopic (exact) mass is 202 g/mol. The zero-order valence-corrected chi connectivity index (χ0v) is 9.29. The lowest BCUT2D eigenvalue weighted by atomic mass is 9.77. The van der Waals surface area contributed by atoms with Crippen molar-refractivity contribution in [2.45, 2.75) is 31.7 Å². The number of rotatable bonds is 0. The molecule has 0 saturated carbocycles. The lowest BCUT2D eigenvalue weighted by Crippen LogP contribution is -2.33. The normalized spacial score (nSPS) is 25.0. The molecule has 3 rings (SSSR count). The summed E-state index contributed by atoms with van der Waals surface area (Å²) < 4.78 is 0. The van der Waals surface area contributed by atoms with Crippen molar-refractivity contribution in [1.29, 1.82) is 0 Å². The highest BCUT2D eigenvalue weighted by Crippen LogP contribution is 2.39. The maximum atomic E-state index is 5.95. The molecule has 1 atom stereocenters. The van der Waals surface area contributed by atoms with E-state index in [-0.39, 0.29) is 0 Å². The van der Waals surface area contributed by atoms with Crippen LogP contribution in [0.4, 0.5) is 5.69 Å². The molecule has 2 N–H and O–H groups in total. The van der Waals surface area contributed by atoms with Crippen molar-refractivity contribution in [3.63, 3.8) is 0 Å². The van der Waals surface area contributed by atoms with Gasteiger partial charge in [-0.05, 0) is 61.1 Å². The van der Waals surface area contributed by atoms with E-state index in [0.29, 0.717) is 0 Å². The fourth-order valence-electron chi connectivity index (χ4n) is 3.27. The van der Waals surface area contributed by atoms with Crippen LogP contribution in [0.3, 0.4) is 0 Å². The van der Waals surface area contributed by atoms with Gasteiger partial charge in [0, 0.05) is 18.8 Å². The van der Waals surface area contributed by atoms with Gasteiger partial charge in [0.25, 0.3) is 0 Å². The molecule has 2 nitrogen and oxygen atoms in total. The molecule has 0 amide bonds. The Hall–Kier alpha value is -1.02. The summed E-state index contributed by atoms with van der Waals surface area (Å²) in [4.78, 5) is 2.42. The maximum absolute atomic E-state index is 5.95. The molecule has 1 heterocycles. The van der Waals surface area contributed by atoms with Crippen molar-refractivity contribution in [3.8, 4) is 0 Å². The van der Waals surface area contributed by atoms with Crippen molar-refractivity contribution in [2.24, 2.45) is 0 Å². The SMILES string of the molecule is CN1Cc2cc(N)cc3c2[C@@H](CCC3)C1. The first-order chi connectivity index (χ1) is 7.24. The number of nitrogens with zero attached hydrogens (tertiary/aromatic N) is 1. The average molecular weight is 202 g/mol. The second-order valence-electron chi connectivity index (χ2n) is 5.04. The Kier molecular flexibility index (Phi) is 1.99. The lowest BCUT2D eigenvalue weighted by Gasteiger charge is -2.37. The minimum atomic E-state index is 0.767. The first kappa shape index (κ1) is 9.22. The van der Waals surface area contributed by atoms with Crippen molar-refractivity contribution in [1.82, 2.24) is 4.90 Å². The van der Waals surface area contributed by atoms with Gasteiger partial charge in [0.1, 0.15) is 0 Å². The van der Waals surface area contributed by atoms with Gasteiger partial charge in [-0.1, -0.05) is 0 Å². The van der Waals surface area contributed by atoms with E-state index in [9.17, 15) is 0 Å². The van der Waals surface area contributed by atoms with Crippen LogP contribution in [0.25, 0.3) is 0 Å². The molecule has 0 bridgehead atoms. The highest BCUT2D eigenvalue weighted by atomic mass is 15.1. The zero-order chi connectivity index (χ0) is 10.4. The van der Waals surface area contributed by atoms with Gasteiger partial charge < -0.3 is 10.6 Å². The van der Waals surface area contributed by atoms with Gasteiger partial charge in [-0.15, -0.1) is 0 Å². The third-order valence-corrected chi connectivity index (χ3v) is 3.75. The summed E-state index contributed by atoms with van der Waals surface area (Å²) in [6, 6.07) is 4.36. The van der Waals surface area contributed by atoms with Crippen molar-refractivity contribution >= 4 is 5.69 Å². The molecule has 0 unspecified atom stereocenters. The van der Waals surface area contributed by atoms with Crippen LogP contribution in [-0.4, -0.2) is 18.5 Å². The van der Waals surface area contributed by atoms with E-state index < -0.39 is 0 Å². The number of anilines is 1. The Morgan fingerprint density at radius 1 is 1.33 bits per heavy atom. The molecule has 0 fully saturated rings. The number of nitrogen functional groups attached to an aromatic ring is 1. The molecule has 0 aromatic heterocycles. The summed E-state index contributed by atoms with van der Waals surface area (Å²) in [6.45, 7) is 2.30. The fraction of sp³-hybridized carbons (Fsp3) is 0.538. The fourth-order valence-corrected chi connectivity index (χ4v) is 3.27. The predicted molar refractivity (Wildman–Crippen MR) is 62.9 cm³/mol. The number of aryl methyl sites for hydroxylation is 1. The molecule has 15 heavy (non-hydrogen) atoms. The van der Waals surface area contributed by atoms with E-state index in [1.807, 2.05) is 0 Å². The quantitative estimate of drug-likeness (QED) is 0.653. The lowest BCUT2D eigenvalue weighted by molar-refractivity contribution is 0.266. The number of benzene rings is 1. The van der Waals surface area contributed by atoms with E-state index in [2.05, 4.69) is 24.1 Å². The van der Waals surface area contributed by atoms with Crippen LogP contribution < -0.4 is 5.73 Å². The average Bonchev–Trinajstić information content (AvgIpc) is 2.16. The van der Waals surface area contributed by atoms with Crippen LogP contribution >= 0.6 is 0 Å². The Balaban J connectivity index is 2.16. The summed E-state index contributed by atoms with van der Waals surface area (Å²) in [6.07, 6.45) is 3.91. The molecule has 2 aliphatic rings. The highest BCUT2D eigenvalue weighted by Gasteiger charge is 2.28. The maximum Gasteiger partial charge on any atom is 0.0320 e. The van der Waals surface area contributed by atoms with E-state index in [0.717, 1.165) is 18.2 Å². The van der Waals surface area contributed by atoms with E-state index in [4.69, 9.17) is 5.73 Å². The summed E-state index contributed by atoms with van der Waals surface area (Å²) in [5, 5.41) is 0. The van der Waals surface area contributed by atoms with Gasteiger partial charge in [0.2, 0.25) is 0 Å². The second-order valence-corrected chi connectivity index (χ2v) is 5.04. The highest BCUT2D eigenvalue weighted by molar-refractivity contribution is 5.52. The van der Waals surface area contributed by atoms with Gasteiger partial charge >= 0.3 is 0 Å². The van der Waals surface area contributed by atoms with Crippen LogP contribution in [0, 0.1) is 0 Å². The molecular weight excluding hydrogens is 184 g/mol. The van der Waals surface area contributed by atoms with Crippen LogP contribution in [-0.2, 0) is 13.0 Å². The van der Waals surface area contributed by atoms with Gasteiger partial charge in [-0.2, -0.15) is 0 Å². The number of hydrogen-bond acceptors (Lipinski definition) is 2. The third-order valence-electron chi connectivity index (χ3n) is 3.75. The number of nitrogens with two attached hydrogens (primary N) is 1. The second kappa shape index (κ2) is 3.24. The van der Waals surface area contributed by atoms with Gasteiger partial charge in [0.15, 0.2) is 0 Å². The van der Waals surface area contributed by atoms with Crippen molar-refractivity contribution < 1.29 is 0 Å². The van der Waals surface area contributed by atoms with Crippen LogP contribution in [0.1, 0.15) is 35.4 Å². The number of likely N-dealkylation sites (N-methyl/N-ethyl adjacent to an activating group) is 1. The number of hydrogen-bond donors (Lipinski definition) is 1. The molecule has 1 aromatic carbocycles. The van der Waals surface area contributed by atoms with Crippen LogP contribution in [0.15, 0.2) is 12.1 Å². The molecule has 80 valence electrons. The molecule has 0 saturated heterocycles. The summed E-state index contributed by atoms with van der Waals surface area (Å²) in [5.74, 6) is 0.767. The topological polar surface area (TPSA) is 29.3 Å². The molecule has 1 aliphatic heterocycles. The van der Waals surface area contributed by atoms with E-state index in [1.54, 1.807) is 5.56 Å². The molecule has 0 spiro atoms. The van der Waals surface area contributed by atoms with Crippen LogP contribution in [0.5, 0.6) is 0 Å². The van der Waals surface area contributed by atoms with E-state index >= 15 is 0 Å². The van der Waals surface area contributed by atoms with Crippen LogP contribution in [0.2, 0.25) is 0 Å². The Labute approximate surface area is 91.1 Å². The summed E-state index contributed by atoms with van der Waals surface area (Å²) >= 11 is 0. The zero-order valence-electron chi connectivity index (χ0n) is 9.29.